The molecule has 100 valence electrons. The Morgan fingerprint density at radius 2 is 2.00 bits per heavy atom. The predicted molar refractivity (Wildman–Crippen MR) is 79.2 cm³/mol. The molecule has 0 saturated heterocycles. The van der Waals surface area contributed by atoms with Crippen molar-refractivity contribution in [2.75, 3.05) is 18.5 Å². The maximum absolute atomic E-state index is 3.45. The van der Waals surface area contributed by atoms with Gasteiger partial charge < -0.3 is 10.2 Å². The Hall–Kier alpha value is -1.02. The van der Waals surface area contributed by atoms with E-state index in [0.717, 1.165) is 19.5 Å². The number of hydrogen-bond donors (Lipinski definition) is 1. The molecule has 1 heterocycles. The van der Waals surface area contributed by atoms with Gasteiger partial charge in [0.25, 0.3) is 0 Å². The van der Waals surface area contributed by atoms with Crippen LogP contribution in [-0.2, 0) is 13.0 Å². The highest BCUT2D eigenvalue weighted by atomic mass is 15.1. The van der Waals surface area contributed by atoms with Gasteiger partial charge in [0.2, 0.25) is 0 Å². The zero-order chi connectivity index (χ0) is 13.3. The molecule has 2 rings (SSSR count). The van der Waals surface area contributed by atoms with Gasteiger partial charge in [-0.3, -0.25) is 0 Å². The Morgan fingerprint density at radius 1 is 1.28 bits per heavy atom. The van der Waals surface area contributed by atoms with Crippen LogP contribution in [0.4, 0.5) is 5.69 Å². The first-order valence-corrected chi connectivity index (χ1v) is 6.95. The molecule has 0 bridgehead atoms. The number of fused-ring (bicyclic) bond motifs is 1. The molecule has 2 heteroatoms. The van der Waals surface area contributed by atoms with E-state index in [-0.39, 0.29) is 0 Å². The Labute approximate surface area is 111 Å². The van der Waals surface area contributed by atoms with E-state index in [4.69, 9.17) is 0 Å². The summed E-state index contributed by atoms with van der Waals surface area (Å²) in [6, 6.07) is 7.24. The second kappa shape index (κ2) is 4.93. The fourth-order valence-electron chi connectivity index (χ4n) is 2.63. The van der Waals surface area contributed by atoms with Gasteiger partial charge in [0.05, 0.1) is 0 Å². The Bertz CT molecular complexity index is 418. The van der Waals surface area contributed by atoms with Gasteiger partial charge in [-0.2, -0.15) is 0 Å². The van der Waals surface area contributed by atoms with Crippen LogP contribution in [-0.4, -0.2) is 19.6 Å². The predicted octanol–water partition coefficient (Wildman–Crippen LogP) is 3.20. The average molecular weight is 246 g/mol. The number of benzene rings is 1. The van der Waals surface area contributed by atoms with Crippen LogP contribution in [0.5, 0.6) is 0 Å². The van der Waals surface area contributed by atoms with Crippen molar-refractivity contribution in [2.24, 2.45) is 5.41 Å². The highest BCUT2D eigenvalue weighted by Crippen LogP contribution is 2.31. The van der Waals surface area contributed by atoms with E-state index in [9.17, 15) is 0 Å². The summed E-state index contributed by atoms with van der Waals surface area (Å²) in [5.74, 6) is 0. The normalized spacial score (nSPS) is 17.2. The molecule has 1 aliphatic rings. The largest absolute Gasteiger partial charge is 0.371 e. The van der Waals surface area contributed by atoms with Crippen molar-refractivity contribution >= 4 is 5.69 Å². The summed E-state index contributed by atoms with van der Waals surface area (Å²) in [5, 5.41) is 3.45. The molecule has 1 atom stereocenters. The summed E-state index contributed by atoms with van der Waals surface area (Å²) < 4.78 is 0. The van der Waals surface area contributed by atoms with Gasteiger partial charge in [0.15, 0.2) is 0 Å². The fraction of sp³-hybridized carbons (Fsp3) is 0.625. The summed E-state index contributed by atoms with van der Waals surface area (Å²) in [4.78, 5) is 2.45. The van der Waals surface area contributed by atoms with Gasteiger partial charge in [0, 0.05) is 25.3 Å². The number of nitrogens with one attached hydrogen (secondary N) is 1. The molecule has 1 aromatic rings. The van der Waals surface area contributed by atoms with E-state index in [0.29, 0.717) is 11.5 Å². The first kappa shape index (κ1) is 13.4. The van der Waals surface area contributed by atoms with E-state index in [1.165, 1.54) is 16.8 Å². The second-order valence-electron chi connectivity index (χ2n) is 6.49. The van der Waals surface area contributed by atoms with Crippen molar-refractivity contribution in [2.45, 2.75) is 46.7 Å². The third kappa shape index (κ3) is 2.54. The molecule has 0 aromatic heterocycles. The molecule has 0 amide bonds. The SMILES string of the molecule is CC(N(C)c1cccc2c1CCNC2)C(C)(C)C. The summed E-state index contributed by atoms with van der Waals surface area (Å²) in [5.41, 5.74) is 4.71. The summed E-state index contributed by atoms with van der Waals surface area (Å²) >= 11 is 0. The number of rotatable bonds is 2. The van der Waals surface area contributed by atoms with Crippen LogP contribution < -0.4 is 10.2 Å². The molecule has 18 heavy (non-hydrogen) atoms. The molecule has 1 aromatic carbocycles. The van der Waals surface area contributed by atoms with Crippen LogP contribution in [0.3, 0.4) is 0 Å². The smallest absolute Gasteiger partial charge is 0.0402 e. The molecular weight excluding hydrogens is 220 g/mol. The zero-order valence-electron chi connectivity index (χ0n) is 12.4. The van der Waals surface area contributed by atoms with Gasteiger partial charge in [0.1, 0.15) is 0 Å². The number of nitrogens with zero attached hydrogens (tertiary/aromatic N) is 1. The molecular formula is C16H26N2. The lowest BCUT2D eigenvalue weighted by atomic mass is 9.86. The van der Waals surface area contributed by atoms with Gasteiger partial charge in [-0.1, -0.05) is 32.9 Å². The van der Waals surface area contributed by atoms with Crippen molar-refractivity contribution < 1.29 is 0 Å². The molecule has 0 fully saturated rings. The van der Waals surface area contributed by atoms with Crippen molar-refractivity contribution in [1.82, 2.24) is 5.32 Å². The lowest BCUT2D eigenvalue weighted by Crippen LogP contribution is -2.40. The third-order valence-corrected chi connectivity index (χ3v) is 4.33. The van der Waals surface area contributed by atoms with E-state index in [1.54, 1.807) is 0 Å². The number of anilines is 1. The minimum absolute atomic E-state index is 0.296. The van der Waals surface area contributed by atoms with Crippen molar-refractivity contribution in [3.8, 4) is 0 Å². The van der Waals surface area contributed by atoms with Gasteiger partial charge in [-0.05, 0) is 42.5 Å². The standard InChI is InChI=1S/C16H26N2/c1-12(16(2,3)4)18(5)15-8-6-7-13-11-17-10-9-14(13)15/h6-8,12,17H,9-11H2,1-5H3. The third-order valence-electron chi connectivity index (χ3n) is 4.33. The van der Waals surface area contributed by atoms with Gasteiger partial charge in [-0.15, -0.1) is 0 Å². The van der Waals surface area contributed by atoms with Gasteiger partial charge in [-0.25, -0.2) is 0 Å². The monoisotopic (exact) mass is 246 g/mol. The topological polar surface area (TPSA) is 15.3 Å². The maximum Gasteiger partial charge on any atom is 0.0402 e. The Balaban J connectivity index is 2.33. The molecule has 1 unspecified atom stereocenters. The lowest BCUT2D eigenvalue weighted by molar-refractivity contribution is 0.329. The zero-order valence-corrected chi connectivity index (χ0v) is 12.4. The molecule has 2 nitrogen and oxygen atoms in total. The average Bonchev–Trinajstić information content (AvgIpc) is 2.35. The highest BCUT2D eigenvalue weighted by Gasteiger charge is 2.26. The first-order chi connectivity index (χ1) is 8.41. The summed E-state index contributed by atoms with van der Waals surface area (Å²) in [6.45, 7) is 11.4. The minimum atomic E-state index is 0.296. The second-order valence-corrected chi connectivity index (χ2v) is 6.49. The van der Waals surface area contributed by atoms with Crippen LogP contribution in [0, 0.1) is 5.41 Å². The quantitative estimate of drug-likeness (QED) is 0.862. The van der Waals surface area contributed by atoms with Crippen LogP contribution in [0.1, 0.15) is 38.8 Å². The number of hydrogen-bond acceptors (Lipinski definition) is 2. The van der Waals surface area contributed by atoms with Crippen molar-refractivity contribution in [3.63, 3.8) is 0 Å². The van der Waals surface area contributed by atoms with Crippen LogP contribution in [0.2, 0.25) is 0 Å². The maximum atomic E-state index is 3.45. The van der Waals surface area contributed by atoms with Crippen LogP contribution in [0.25, 0.3) is 0 Å². The van der Waals surface area contributed by atoms with Crippen LogP contribution >= 0.6 is 0 Å². The minimum Gasteiger partial charge on any atom is -0.371 e. The highest BCUT2D eigenvalue weighted by molar-refractivity contribution is 5.58. The van der Waals surface area contributed by atoms with Crippen LogP contribution in [0.15, 0.2) is 18.2 Å². The molecule has 0 radical (unpaired) electrons. The van der Waals surface area contributed by atoms with E-state index in [1.807, 2.05) is 0 Å². The van der Waals surface area contributed by atoms with E-state index >= 15 is 0 Å². The lowest BCUT2D eigenvalue weighted by Gasteiger charge is -2.38. The molecule has 0 saturated carbocycles. The molecule has 0 spiro atoms. The fourth-order valence-corrected chi connectivity index (χ4v) is 2.63. The summed E-state index contributed by atoms with van der Waals surface area (Å²) in [7, 11) is 2.23. The first-order valence-electron chi connectivity index (χ1n) is 6.95. The molecule has 1 N–H and O–H groups in total. The van der Waals surface area contributed by atoms with Crippen molar-refractivity contribution in [3.05, 3.63) is 29.3 Å². The van der Waals surface area contributed by atoms with E-state index in [2.05, 4.69) is 63.2 Å². The Morgan fingerprint density at radius 3 is 2.67 bits per heavy atom. The Kier molecular flexibility index (Phi) is 3.67. The van der Waals surface area contributed by atoms with Gasteiger partial charge >= 0.3 is 0 Å². The molecule has 1 aliphatic heterocycles. The van der Waals surface area contributed by atoms with Crippen molar-refractivity contribution in [1.29, 1.82) is 0 Å². The molecule has 0 aliphatic carbocycles. The van der Waals surface area contributed by atoms with E-state index < -0.39 is 0 Å². The summed E-state index contributed by atoms with van der Waals surface area (Å²) in [6.07, 6.45) is 1.15.